The number of ether oxygens (including phenoxy) is 1. The van der Waals surface area contributed by atoms with Crippen molar-refractivity contribution >= 4 is 17.3 Å². The van der Waals surface area contributed by atoms with E-state index in [2.05, 4.69) is 26.1 Å². The van der Waals surface area contributed by atoms with Gasteiger partial charge in [-0.05, 0) is 37.5 Å². The van der Waals surface area contributed by atoms with Crippen LogP contribution in [0.4, 0.5) is 5.69 Å². The van der Waals surface area contributed by atoms with Crippen molar-refractivity contribution in [2.45, 2.75) is 40.0 Å². The van der Waals surface area contributed by atoms with Gasteiger partial charge in [-0.25, -0.2) is 0 Å². The second-order valence-electron chi connectivity index (χ2n) is 5.21. The Hall–Kier alpha value is -0.930. The van der Waals surface area contributed by atoms with Gasteiger partial charge in [0, 0.05) is 17.0 Å². The molecule has 1 rings (SSSR count). The quantitative estimate of drug-likeness (QED) is 0.713. The van der Waals surface area contributed by atoms with Gasteiger partial charge in [-0.1, -0.05) is 32.4 Å². The van der Waals surface area contributed by atoms with E-state index < -0.39 is 0 Å². The van der Waals surface area contributed by atoms with Crippen LogP contribution in [-0.4, -0.2) is 24.9 Å². The average molecular weight is 300 g/mol. The Morgan fingerprint density at radius 3 is 2.50 bits per heavy atom. The maximum atomic E-state index is 9.62. The SMILES string of the molecule is CCCOc1ccc(Cl)cc1NCC(CC)(CC)CO. The predicted octanol–water partition coefficient (Wildman–Crippen LogP) is 4.34. The molecule has 0 spiro atoms. The summed E-state index contributed by atoms with van der Waals surface area (Å²) in [6, 6.07) is 5.59. The number of aliphatic hydroxyl groups excluding tert-OH is 1. The van der Waals surface area contributed by atoms with Gasteiger partial charge in [0.15, 0.2) is 0 Å². The molecular weight excluding hydrogens is 274 g/mol. The first-order chi connectivity index (χ1) is 9.60. The highest BCUT2D eigenvalue weighted by molar-refractivity contribution is 6.30. The van der Waals surface area contributed by atoms with Gasteiger partial charge in [-0.15, -0.1) is 0 Å². The highest BCUT2D eigenvalue weighted by Crippen LogP contribution is 2.31. The molecule has 0 bridgehead atoms. The zero-order valence-electron chi connectivity index (χ0n) is 12.7. The number of hydrogen-bond donors (Lipinski definition) is 2. The number of anilines is 1. The Morgan fingerprint density at radius 2 is 1.95 bits per heavy atom. The second-order valence-corrected chi connectivity index (χ2v) is 5.64. The van der Waals surface area contributed by atoms with E-state index in [0.29, 0.717) is 18.2 Å². The Morgan fingerprint density at radius 1 is 1.25 bits per heavy atom. The minimum atomic E-state index is -0.0929. The molecule has 114 valence electrons. The van der Waals surface area contributed by atoms with Gasteiger partial charge in [-0.2, -0.15) is 0 Å². The molecule has 1 aromatic carbocycles. The molecule has 1 aromatic rings. The highest BCUT2D eigenvalue weighted by atomic mass is 35.5. The lowest BCUT2D eigenvalue weighted by Gasteiger charge is -2.30. The van der Waals surface area contributed by atoms with Crippen LogP contribution in [0, 0.1) is 5.41 Å². The normalized spacial score (nSPS) is 11.4. The first-order valence-electron chi connectivity index (χ1n) is 7.38. The molecule has 0 radical (unpaired) electrons. The fourth-order valence-electron chi connectivity index (χ4n) is 2.04. The minimum Gasteiger partial charge on any atom is -0.491 e. The third-order valence-electron chi connectivity index (χ3n) is 3.89. The number of benzene rings is 1. The van der Waals surface area contributed by atoms with E-state index >= 15 is 0 Å². The summed E-state index contributed by atoms with van der Waals surface area (Å²) in [7, 11) is 0. The molecule has 0 heterocycles. The first-order valence-corrected chi connectivity index (χ1v) is 7.75. The minimum absolute atomic E-state index is 0.0929. The molecule has 4 heteroatoms. The zero-order valence-corrected chi connectivity index (χ0v) is 13.5. The summed E-state index contributed by atoms with van der Waals surface area (Å²) in [6.45, 7) is 7.86. The van der Waals surface area contributed by atoms with Crippen molar-refractivity contribution in [2.75, 3.05) is 25.1 Å². The van der Waals surface area contributed by atoms with Crippen molar-refractivity contribution in [3.8, 4) is 5.75 Å². The van der Waals surface area contributed by atoms with E-state index in [1.807, 2.05) is 18.2 Å². The van der Waals surface area contributed by atoms with E-state index in [1.54, 1.807) is 0 Å². The number of nitrogens with one attached hydrogen (secondary N) is 1. The molecule has 0 saturated carbocycles. The third-order valence-corrected chi connectivity index (χ3v) is 4.13. The smallest absolute Gasteiger partial charge is 0.142 e. The fourth-order valence-corrected chi connectivity index (χ4v) is 2.21. The lowest BCUT2D eigenvalue weighted by atomic mass is 9.83. The Labute approximate surface area is 127 Å². The van der Waals surface area contributed by atoms with Crippen molar-refractivity contribution < 1.29 is 9.84 Å². The maximum Gasteiger partial charge on any atom is 0.142 e. The average Bonchev–Trinajstić information content (AvgIpc) is 2.48. The number of aliphatic hydroxyl groups is 1. The van der Waals surface area contributed by atoms with E-state index in [-0.39, 0.29) is 12.0 Å². The number of hydrogen-bond acceptors (Lipinski definition) is 3. The van der Waals surface area contributed by atoms with Crippen LogP contribution >= 0.6 is 11.6 Å². The van der Waals surface area contributed by atoms with Gasteiger partial charge in [0.1, 0.15) is 5.75 Å². The lowest BCUT2D eigenvalue weighted by molar-refractivity contribution is 0.127. The van der Waals surface area contributed by atoms with Crippen LogP contribution < -0.4 is 10.1 Å². The van der Waals surface area contributed by atoms with Gasteiger partial charge < -0.3 is 15.2 Å². The first kappa shape index (κ1) is 17.1. The number of rotatable bonds is 9. The summed E-state index contributed by atoms with van der Waals surface area (Å²) in [5.41, 5.74) is 0.801. The maximum absolute atomic E-state index is 9.62. The molecule has 0 unspecified atom stereocenters. The van der Waals surface area contributed by atoms with Gasteiger partial charge in [-0.3, -0.25) is 0 Å². The summed E-state index contributed by atoms with van der Waals surface area (Å²) in [5, 5.41) is 13.7. The van der Waals surface area contributed by atoms with Crippen LogP contribution in [0.5, 0.6) is 5.75 Å². The molecule has 0 aliphatic heterocycles. The molecule has 0 saturated heterocycles. The Kier molecular flexibility index (Phi) is 7.17. The van der Waals surface area contributed by atoms with Gasteiger partial charge in [0.2, 0.25) is 0 Å². The summed E-state index contributed by atoms with van der Waals surface area (Å²) in [4.78, 5) is 0. The summed E-state index contributed by atoms with van der Waals surface area (Å²) in [5.74, 6) is 0.815. The predicted molar refractivity (Wildman–Crippen MR) is 85.8 cm³/mol. The van der Waals surface area contributed by atoms with Crippen LogP contribution in [0.1, 0.15) is 40.0 Å². The van der Waals surface area contributed by atoms with E-state index in [9.17, 15) is 5.11 Å². The van der Waals surface area contributed by atoms with Crippen LogP contribution in [0.2, 0.25) is 5.02 Å². The Bertz CT molecular complexity index is 397. The van der Waals surface area contributed by atoms with Crippen LogP contribution in [0.15, 0.2) is 18.2 Å². The molecular formula is C16H26ClNO2. The second kappa shape index (κ2) is 8.38. The third kappa shape index (κ3) is 4.57. The fraction of sp³-hybridized carbons (Fsp3) is 0.625. The molecule has 3 nitrogen and oxygen atoms in total. The summed E-state index contributed by atoms with van der Waals surface area (Å²) < 4.78 is 5.72. The number of halogens is 1. The molecule has 0 aliphatic rings. The standard InChI is InChI=1S/C16H26ClNO2/c1-4-9-20-15-8-7-13(17)10-14(15)18-11-16(5-2,6-3)12-19/h7-8,10,18-19H,4-6,9,11-12H2,1-3H3. The largest absolute Gasteiger partial charge is 0.491 e. The summed E-state index contributed by atoms with van der Waals surface area (Å²) >= 11 is 6.06. The van der Waals surface area contributed by atoms with Crippen molar-refractivity contribution in [3.05, 3.63) is 23.2 Å². The molecule has 20 heavy (non-hydrogen) atoms. The highest BCUT2D eigenvalue weighted by Gasteiger charge is 2.25. The topological polar surface area (TPSA) is 41.5 Å². The van der Waals surface area contributed by atoms with Crippen LogP contribution in [0.25, 0.3) is 0 Å². The van der Waals surface area contributed by atoms with Crippen molar-refractivity contribution in [1.29, 1.82) is 0 Å². The van der Waals surface area contributed by atoms with Crippen LogP contribution in [-0.2, 0) is 0 Å². The molecule has 0 aromatic heterocycles. The van der Waals surface area contributed by atoms with Crippen molar-refractivity contribution in [1.82, 2.24) is 0 Å². The Balaban J connectivity index is 2.82. The summed E-state index contributed by atoms with van der Waals surface area (Å²) in [6.07, 6.45) is 2.82. The zero-order chi connectivity index (χ0) is 15.0. The van der Waals surface area contributed by atoms with Gasteiger partial charge in [0.25, 0.3) is 0 Å². The monoisotopic (exact) mass is 299 g/mol. The molecule has 0 atom stereocenters. The van der Waals surface area contributed by atoms with E-state index in [4.69, 9.17) is 16.3 Å². The van der Waals surface area contributed by atoms with E-state index in [1.165, 1.54) is 0 Å². The van der Waals surface area contributed by atoms with Crippen molar-refractivity contribution in [2.24, 2.45) is 5.41 Å². The molecule has 0 aliphatic carbocycles. The van der Waals surface area contributed by atoms with Crippen LogP contribution in [0.3, 0.4) is 0 Å². The lowest BCUT2D eigenvalue weighted by Crippen LogP contribution is -2.32. The van der Waals surface area contributed by atoms with Gasteiger partial charge in [0.05, 0.1) is 18.9 Å². The molecule has 0 amide bonds. The molecule has 0 fully saturated rings. The van der Waals surface area contributed by atoms with E-state index in [0.717, 1.165) is 30.7 Å². The molecule has 2 N–H and O–H groups in total. The van der Waals surface area contributed by atoms with Gasteiger partial charge >= 0.3 is 0 Å². The van der Waals surface area contributed by atoms with Crippen molar-refractivity contribution in [3.63, 3.8) is 0 Å².